The van der Waals surface area contributed by atoms with Crippen LogP contribution in [0.4, 0.5) is 11.6 Å². The first-order valence-corrected chi connectivity index (χ1v) is 13.1. The van der Waals surface area contributed by atoms with Crippen molar-refractivity contribution in [3.05, 3.63) is 71.2 Å². The molecule has 9 heteroatoms. The zero-order valence-electron chi connectivity index (χ0n) is 19.8. The molecule has 1 aromatic carbocycles. The lowest BCUT2D eigenvalue weighted by molar-refractivity contribution is -0.145. The molecule has 3 N–H and O–H groups in total. The molecule has 0 radical (unpaired) electrons. The van der Waals surface area contributed by atoms with Crippen LogP contribution in [-0.4, -0.2) is 36.0 Å². The number of aliphatic carboxylic acids is 1. The molecule has 1 fully saturated rings. The van der Waals surface area contributed by atoms with E-state index in [-0.39, 0.29) is 0 Å². The van der Waals surface area contributed by atoms with E-state index in [1.165, 1.54) is 11.3 Å². The first kappa shape index (κ1) is 24.4. The zero-order chi connectivity index (χ0) is 25.3. The van der Waals surface area contributed by atoms with E-state index in [9.17, 15) is 15.0 Å². The Morgan fingerprint density at radius 3 is 2.78 bits per heavy atom. The topological polar surface area (TPSA) is 108 Å². The van der Waals surface area contributed by atoms with E-state index in [0.717, 1.165) is 44.2 Å². The van der Waals surface area contributed by atoms with Crippen molar-refractivity contribution in [2.75, 3.05) is 5.32 Å². The van der Waals surface area contributed by atoms with Gasteiger partial charge >= 0.3 is 5.97 Å². The average Bonchev–Trinajstić information content (AvgIpc) is 3.36. The molecule has 7 nitrogen and oxygen atoms in total. The van der Waals surface area contributed by atoms with E-state index in [4.69, 9.17) is 12.2 Å². The SMILES string of the molecule is Cc1cc(Nc2nccc(C3=CC(=S)CC=C3)n2)cc(-c2cnc(C3(O)CCC(C(=O)O)CC3)s2)c1. The van der Waals surface area contributed by atoms with Gasteiger partial charge in [0.15, 0.2) is 0 Å². The molecule has 2 aliphatic rings. The van der Waals surface area contributed by atoms with Gasteiger partial charge in [-0.25, -0.2) is 15.0 Å². The molecule has 0 aliphatic heterocycles. The van der Waals surface area contributed by atoms with Crippen molar-refractivity contribution in [3.63, 3.8) is 0 Å². The van der Waals surface area contributed by atoms with Gasteiger partial charge in [0.25, 0.3) is 0 Å². The smallest absolute Gasteiger partial charge is 0.306 e. The van der Waals surface area contributed by atoms with Gasteiger partial charge in [-0.15, -0.1) is 11.3 Å². The number of hydrogen-bond donors (Lipinski definition) is 3. The third-order valence-corrected chi connectivity index (χ3v) is 8.09. The molecule has 0 amide bonds. The standard InChI is InChI=1S/C27H26N4O3S2/c1-16-11-19(23-15-29-25(36-23)27(34)8-5-17(6-9-27)24(32)33)13-20(12-16)30-26-28-10-7-22(31-26)18-3-2-4-21(35)14-18/h2-3,7,10-15,17,34H,4-6,8-9H2,1H3,(H,32,33)(H,28,30,31). The molecule has 184 valence electrons. The fourth-order valence-corrected chi connectivity index (χ4v) is 5.90. The molecule has 5 rings (SSSR count). The van der Waals surface area contributed by atoms with E-state index in [1.807, 2.05) is 43.4 Å². The van der Waals surface area contributed by atoms with Crippen LogP contribution < -0.4 is 5.32 Å². The Kier molecular flexibility index (Phi) is 6.79. The number of carbonyl (C=O) groups is 1. The predicted molar refractivity (Wildman–Crippen MR) is 145 cm³/mol. The lowest BCUT2D eigenvalue weighted by Gasteiger charge is -2.32. The fraction of sp³-hybridized carbons (Fsp3) is 0.296. The summed E-state index contributed by atoms with van der Waals surface area (Å²) in [6, 6.07) is 7.98. The first-order chi connectivity index (χ1) is 17.3. The van der Waals surface area contributed by atoms with Crippen molar-refractivity contribution in [3.8, 4) is 10.4 Å². The number of thiazole rings is 1. The van der Waals surface area contributed by atoms with Crippen LogP contribution in [-0.2, 0) is 10.4 Å². The maximum absolute atomic E-state index is 11.3. The highest BCUT2D eigenvalue weighted by atomic mass is 32.1. The van der Waals surface area contributed by atoms with Gasteiger partial charge in [-0.1, -0.05) is 30.4 Å². The van der Waals surface area contributed by atoms with Crippen molar-refractivity contribution in [2.45, 2.75) is 44.6 Å². The van der Waals surface area contributed by atoms with Crippen molar-refractivity contribution in [1.82, 2.24) is 15.0 Å². The number of nitrogens with one attached hydrogen (secondary N) is 1. The normalized spacial score (nSPS) is 21.8. The molecule has 0 spiro atoms. The van der Waals surface area contributed by atoms with E-state index < -0.39 is 17.5 Å². The fourth-order valence-electron chi connectivity index (χ4n) is 4.63. The Hall–Kier alpha value is -3.27. The van der Waals surface area contributed by atoms with Gasteiger partial charge in [-0.2, -0.15) is 0 Å². The van der Waals surface area contributed by atoms with Gasteiger partial charge in [-0.3, -0.25) is 4.79 Å². The van der Waals surface area contributed by atoms with E-state index in [2.05, 4.69) is 26.3 Å². The van der Waals surface area contributed by atoms with Crippen LogP contribution >= 0.6 is 23.6 Å². The predicted octanol–water partition coefficient (Wildman–Crippen LogP) is 5.83. The second-order valence-corrected chi connectivity index (χ2v) is 10.9. The molecule has 0 bridgehead atoms. The summed E-state index contributed by atoms with van der Waals surface area (Å²) in [4.78, 5) is 26.7. The molecule has 2 heterocycles. The highest BCUT2D eigenvalue weighted by Crippen LogP contribution is 2.43. The number of nitrogens with zero attached hydrogens (tertiary/aromatic N) is 3. The Balaban J connectivity index is 1.36. The van der Waals surface area contributed by atoms with Crippen molar-refractivity contribution in [1.29, 1.82) is 0 Å². The minimum atomic E-state index is -1.07. The summed E-state index contributed by atoms with van der Waals surface area (Å²) in [6.07, 6.45) is 12.0. The van der Waals surface area contributed by atoms with Crippen LogP contribution in [0, 0.1) is 12.8 Å². The number of anilines is 2. The van der Waals surface area contributed by atoms with Crippen molar-refractivity contribution >= 4 is 51.6 Å². The third kappa shape index (κ3) is 5.28. The third-order valence-electron chi connectivity index (χ3n) is 6.57. The Morgan fingerprint density at radius 1 is 1.22 bits per heavy atom. The monoisotopic (exact) mass is 518 g/mol. The van der Waals surface area contributed by atoms with Gasteiger partial charge in [-0.05, 0) is 68.0 Å². The van der Waals surface area contributed by atoms with Crippen LogP contribution in [0.3, 0.4) is 0 Å². The largest absolute Gasteiger partial charge is 0.481 e. The Bertz CT molecular complexity index is 1390. The first-order valence-electron chi connectivity index (χ1n) is 11.8. The summed E-state index contributed by atoms with van der Waals surface area (Å²) in [5, 5.41) is 24.4. The van der Waals surface area contributed by atoms with Crippen LogP contribution in [0.15, 0.2) is 54.9 Å². The molecule has 1 saturated carbocycles. The minimum absolute atomic E-state index is 0.391. The molecule has 3 aromatic rings. The number of rotatable bonds is 6. The molecular weight excluding hydrogens is 492 g/mol. The Labute approximate surface area is 218 Å². The van der Waals surface area contributed by atoms with E-state index in [1.54, 1.807) is 12.4 Å². The molecule has 36 heavy (non-hydrogen) atoms. The number of aromatic nitrogens is 3. The summed E-state index contributed by atoms with van der Waals surface area (Å²) in [7, 11) is 0. The molecule has 2 aliphatic carbocycles. The van der Waals surface area contributed by atoms with Crippen LogP contribution in [0.25, 0.3) is 16.0 Å². The highest BCUT2D eigenvalue weighted by molar-refractivity contribution is 7.80. The average molecular weight is 519 g/mol. The van der Waals surface area contributed by atoms with Gasteiger partial charge in [0.2, 0.25) is 5.95 Å². The summed E-state index contributed by atoms with van der Waals surface area (Å²) in [5.74, 6) is -0.691. The molecule has 0 saturated heterocycles. The zero-order valence-corrected chi connectivity index (χ0v) is 21.4. The second kappa shape index (κ2) is 10.0. The number of carboxylic acids is 1. The number of aliphatic hydroxyl groups is 1. The summed E-state index contributed by atoms with van der Waals surface area (Å²) < 4.78 is 0. The summed E-state index contributed by atoms with van der Waals surface area (Å²) in [6.45, 7) is 2.02. The second-order valence-electron chi connectivity index (χ2n) is 9.32. The maximum atomic E-state index is 11.3. The van der Waals surface area contributed by atoms with Gasteiger partial charge in [0, 0.05) is 34.9 Å². The van der Waals surface area contributed by atoms with Gasteiger partial charge < -0.3 is 15.5 Å². The summed E-state index contributed by atoms with van der Waals surface area (Å²) in [5.41, 5.74) is 3.58. The Morgan fingerprint density at radius 2 is 2.03 bits per heavy atom. The van der Waals surface area contributed by atoms with Crippen molar-refractivity contribution in [2.24, 2.45) is 5.92 Å². The summed E-state index contributed by atoms with van der Waals surface area (Å²) >= 11 is 6.78. The molecule has 0 atom stereocenters. The number of allylic oxidation sites excluding steroid dienone is 4. The number of carboxylic acid groups (broad SMARTS) is 1. The number of aryl methyl sites for hydroxylation is 1. The van der Waals surface area contributed by atoms with Crippen LogP contribution in [0.5, 0.6) is 0 Å². The number of hydrogen-bond acceptors (Lipinski definition) is 8. The molecule has 2 aromatic heterocycles. The molecular formula is C27H26N4O3S2. The maximum Gasteiger partial charge on any atom is 0.306 e. The lowest BCUT2D eigenvalue weighted by atomic mass is 9.79. The van der Waals surface area contributed by atoms with Crippen LogP contribution in [0.2, 0.25) is 0 Å². The van der Waals surface area contributed by atoms with Crippen LogP contribution in [0.1, 0.15) is 48.4 Å². The van der Waals surface area contributed by atoms with E-state index >= 15 is 0 Å². The minimum Gasteiger partial charge on any atom is -0.481 e. The van der Waals surface area contributed by atoms with Gasteiger partial charge in [0.1, 0.15) is 10.6 Å². The van der Waals surface area contributed by atoms with E-state index in [0.29, 0.717) is 36.6 Å². The lowest BCUT2D eigenvalue weighted by Crippen LogP contribution is -2.33. The number of thiocarbonyl (C=S) groups is 1. The molecule has 0 unspecified atom stereocenters. The quantitative estimate of drug-likeness (QED) is 0.350. The highest BCUT2D eigenvalue weighted by Gasteiger charge is 2.39. The number of benzene rings is 1. The van der Waals surface area contributed by atoms with Gasteiger partial charge in [0.05, 0.1) is 16.5 Å². The van der Waals surface area contributed by atoms with Crippen molar-refractivity contribution < 1.29 is 15.0 Å².